The zero-order chi connectivity index (χ0) is 14.0. The molecule has 1 aliphatic heterocycles. The predicted octanol–water partition coefficient (Wildman–Crippen LogP) is 2.87. The average molecular weight is 367 g/mol. The second-order valence-electron chi connectivity index (χ2n) is 4.65. The van der Waals surface area contributed by atoms with Gasteiger partial charge in [0.1, 0.15) is 0 Å². The maximum absolute atomic E-state index is 11.8. The highest BCUT2D eigenvalue weighted by Crippen LogP contribution is 2.26. The van der Waals surface area contributed by atoms with Crippen LogP contribution >= 0.6 is 27.5 Å². The van der Waals surface area contributed by atoms with Gasteiger partial charge in [0, 0.05) is 16.6 Å². The van der Waals surface area contributed by atoms with Crippen molar-refractivity contribution >= 4 is 49.0 Å². The Morgan fingerprint density at radius 1 is 1.47 bits per heavy atom. The van der Waals surface area contributed by atoms with Crippen molar-refractivity contribution < 1.29 is 13.2 Å². The molecule has 1 atom stereocenters. The molecule has 0 bridgehead atoms. The topological polar surface area (TPSA) is 63.2 Å². The second-order valence-corrected chi connectivity index (χ2v) is 8.14. The molecule has 0 aliphatic carbocycles. The quantitative estimate of drug-likeness (QED) is 0.894. The van der Waals surface area contributed by atoms with E-state index in [0.29, 0.717) is 17.1 Å². The first-order valence-corrected chi connectivity index (χ1v) is 8.80. The van der Waals surface area contributed by atoms with Crippen LogP contribution in [0.15, 0.2) is 22.7 Å². The highest BCUT2D eigenvalue weighted by atomic mass is 79.9. The molecule has 7 heteroatoms. The van der Waals surface area contributed by atoms with Crippen LogP contribution in [0, 0.1) is 5.92 Å². The first kappa shape index (κ1) is 14.8. The zero-order valence-electron chi connectivity index (χ0n) is 10.0. The molecule has 0 radical (unpaired) electrons. The van der Waals surface area contributed by atoms with Gasteiger partial charge in [-0.15, -0.1) is 0 Å². The van der Waals surface area contributed by atoms with Gasteiger partial charge >= 0.3 is 0 Å². The molecule has 19 heavy (non-hydrogen) atoms. The van der Waals surface area contributed by atoms with Crippen LogP contribution in [0.5, 0.6) is 0 Å². The maximum Gasteiger partial charge on any atom is 0.224 e. The molecule has 2 rings (SSSR count). The van der Waals surface area contributed by atoms with Gasteiger partial charge in [-0.05, 0) is 46.5 Å². The standard InChI is InChI=1S/C12H13BrClNO3S/c13-10-2-1-9(6-11(10)14)15-12(16)5-8-3-4-19(17,18)7-8/h1-2,6,8H,3-5,7H2,(H,15,16). The average Bonchev–Trinajstić information content (AvgIpc) is 2.63. The molecule has 1 aromatic rings. The third-order valence-electron chi connectivity index (χ3n) is 3.00. The monoisotopic (exact) mass is 365 g/mol. The first-order chi connectivity index (χ1) is 8.85. The van der Waals surface area contributed by atoms with Crippen LogP contribution in [-0.4, -0.2) is 25.8 Å². The summed E-state index contributed by atoms with van der Waals surface area (Å²) >= 11 is 9.20. The molecule has 1 unspecified atom stereocenters. The van der Waals surface area contributed by atoms with Gasteiger partial charge in [0.2, 0.25) is 5.91 Å². The fourth-order valence-electron chi connectivity index (χ4n) is 2.08. The van der Waals surface area contributed by atoms with Crippen LogP contribution < -0.4 is 5.32 Å². The number of hydrogen-bond acceptors (Lipinski definition) is 3. The van der Waals surface area contributed by atoms with Crippen LogP contribution in [0.1, 0.15) is 12.8 Å². The van der Waals surface area contributed by atoms with E-state index in [-0.39, 0.29) is 29.8 Å². The van der Waals surface area contributed by atoms with Crippen molar-refractivity contribution in [3.8, 4) is 0 Å². The van der Waals surface area contributed by atoms with E-state index in [1.54, 1.807) is 18.2 Å². The minimum atomic E-state index is -2.93. The number of rotatable bonds is 3. The Morgan fingerprint density at radius 3 is 2.79 bits per heavy atom. The molecule has 1 fully saturated rings. The summed E-state index contributed by atoms with van der Waals surface area (Å²) in [6.45, 7) is 0. The summed E-state index contributed by atoms with van der Waals surface area (Å²) in [4.78, 5) is 11.8. The van der Waals surface area contributed by atoms with E-state index in [9.17, 15) is 13.2 Å². The first-order valence-electron chi connectivity index (χ1n) is 5.81. The second kappa shape index (κ2) is 5.81. The SMILES string of the molecule is O=C(CC1CCS(=O)(=O)C1)Nc1ccc(Br)c(Cl)c1. The molecule has 104 valence electrons. The Balaban J connectivity index is 1.93. The Kier molecular flexibility index (Phi) is 4.53. The van der Waals surface area contributed by atoms with Crippen LogP contribution in [-0.2, 0) is 14.6 Å². The molecule has 1 amide bonds. The summed E-state index contributed by atoms with van der Waals surface area (Å²) < 4.78 is 23.4. The van der Waals surface area contributed by atoms with Gasteiger partial charge in [-0.3, -0.25) is 4.79 Å². The number of halogens is 2. The summed E-state index contributed by atoms with van der Waals surface area (Å²) in [6, 6.07) is 5.13. The predicted molar refractivity (Wildman–Crippen MR) is 79.2 cm³/mol. The molecule has 1 heterocycles. The fourth-order valence-corrected chi connectivity index (χ4v) is 4.37. The number of carbonyl (C=O) groups excluding carboxylic acids is 1. The van der Waals surface area contributed by atoms with Gasteiger partial charge in [0.05, 0.1) is 16.5 Å². The Bertz CT molecular complexity index is 603. The van der Waals surface area contributed by atoms with Crippen molar-refractivity contribution in [2.45, 2.75) is 12.8 Å². The number of amides is 1. The summed E-state index contributed by atoms with van der Waals surface area (Å²) in [5, 5.41) is 3.24. The Hall–Kier alpha value is -0.590. The van der Waals surface area contributed by atoms with Crippen LogP contribution in [0.3, 0.4) is 0 Å². The van der Waals surface area contributed by atoms with Crippen molar-refractivity contribution in [3.63, 3.8) is 0 Å². The van der Waals surface area contributed by atoms with E-state index in [4.69, 9.17) is 11.6 Å². The number of carbonyl (C=O) groups is 1. The summed E-state index contributed by atoms with van der Waals surface area (Å²) in [5.41, 5.74) is 0.610. The molecule has 0 aromatic heterocycles. The molecule has 1 aromatic carbocycles. The van der Waals surface area contributed by atoms with E-state index in [2.05, 4.69) is 21.2 Å². The molecular formula is C12H13BrClNO3S. The van der Waals surface area contributed by atoms with Crippen molar-refractivity contribution in [1.82, 2.24) is 0 Å². The summed E-state index contributed by atoms with van der Waals surface area (Å²) in [7, 11) is -2.93. The lowest BCUT2D eigenvalue weighted by molar-refractivity contribution is -0.116. The van der Waals surface area contributed by atoms with Gasteiger partial charge < -0.3 is 5.32 Å². The van der Waals surface area contributed by atoms with Gasteiger partial charge in [-0.1, -0.05) is 11.6 Å². The Labute approximate surface area is 125 Å². The van der Waals surface area contributed by atoms with Crippen molar-refractivity contribution in [1.29, 1.82) is 0 Å². The zero-order valence-corrected chi connectivity index (χ0v) is 13.2. The van der Waals surface area contributed by atoms with E-state index >= 15 is 0 Å². The van der Waals surface area contributed by atoms with E-state index in [1.807, 2.05) is 0 Å². The highest BCUT2D eigenvalue weighted by Gasteiger charge is 2.29. The van der Waals surface area contributed by atoms with E-state index < -0.39 is 9.84 Å². The van der Waals surface area contributed by atoms with Gasteiger partial charge in [-0.25, -0.2) is 8.42 Å². The largest absolute Gasteiger partial charge is 0.326 e. The van der Waals surface area contributed by atoms with Gasteiger partial charge in [-0.2, -0.15) is 0 Å². The Morgan fingerprint density at radius 2 is 2.21 bits per heavy atom. The summed E-state index contributed by atoms with van der Waals surface area (Å²) in [5.74, 6) is 0.0488. The lowest BCUT2D eigenvalue weighted by Crippen LogP contribution is -2.17. The van der Waals surface area contributed by atoms with Crippen molar-refractivity contribution in [2.75, 3.05) is 16.8 Å². The minimum absolute atomic E-state index is 0.0732. The lowest BCUT2D eigenvalue weighted by Gasteiger charge is -2.09. The van der Waals surface area contributed by atoms with Gasteiger partial charge in [0.15, 0.2) is 9.84 Å². The number of sulfone groups is 1. The third kappa shape index (κ3) is 4.19. The third-order valence-corrected chi connectivity index (χ3v) is 6.07. The highest BCUT2D eigenvalue weighted by molar-refractivity contribution is 9.10. The number of anilines is 1. The fraction of sp³-hybridized carbons (Fsp3) is 0.417. The van der Waals surface area contributed by atoms with Crippen molar-refractivity contribution in [3.05, 3.63) is 27.7 Å². The van der Waals surface area contributed by atoms with Crippen LogP contribution in [0.25, 0.3) is 0 Å². The molecule has 0 spiro atoms. The molecule has 1 saturated heterocycles. The van der Waals surface area contributed by atoms with E-state index in [1.165, 1.54) is 0 Å². The molecule has 0 saturated carbocycles. The molecule has 4 nitrogen and oxygen atoms in total. The molecule has 1 aliphatic rings. The molecule has 1 N–H and O–H groups in total. The number of benzene rings is 1. The minimum Gasteiger partial charge on any atom is -0.326 e. The van der Waals surface area contributed by atoms with E-state index in [0.717, 1.165) is 4.47 Å². The number of nitrogens with one attached hydrogen (secondary N) is 1. The number of hydrogen-bond donors (Lipinski definition) is 1. The van der Waals surface area contributed by atoms with Crippen LogP contribution in [0.4, 0.5) is 5.69 Å². The van der Waals surface area contributed by atoms with Gasteiger partial charge in [0.25, 0.3) is 0 Å². The lowest BCUT2D eigenvalue weighted by atomic mass is 10.1. The summed E-state index contributed by atoms with van der Waals surface area (Å²) in [6.07, 6.45) is 0.795. The molecular weight excluding hydrogens is 354 g/mol. The smallest absolute Gasteiger partial charge is 0.224 e. The van der Waals surface area contributed by atoms with Crippen LogP contribution in [0.2, 0.25) is 5.02 Å². The normalized spacial score (nSPS) is 21.3. The van der Waals surface area contributed by atoms with Crippen molar-refractivity contribution in [2.24, 2.45) is 5.92 Å². The maximum atomic E-state index is 11.8.